The van der Waals surface area contributed by atoms with E-state index in [-0.39, 0.29) is 0 Å². The zero-order chi connectivity index (χ0) is 10.1. The standard InChI is InChI=1S/C12H14S2/c1-4-9-7-8(2)11-10(5-6-14-11)12(9)13-3/h5-7H,4H2,1-3H3. The summed E-state index contributed by atoms with van der Waals surface area (Å²) in [5, 5.41) is 3.64. The Balaban J connectivity index is 2.82. The van der Waals surface area contributed by atoms with Crippen molar-refractivity contribution in [3.63, 3.8) is 0 Å². The third-order valence-electron chi connectivity index (χ3n) is 2.54. The van der Waals surface area contributed by atoms with Gasteiger partial charge in [-0.05, 0) is 42.2 Å². The fourth-order valence-corrected chi connectivity index (χ4v) is 3.66. The van der Waals surface area contributed by atoms with Crippen molar-refractivity contribution < 1.29 is 0 Å². The fraction of sp³-hybridized carbons (Fsp3) is 0.333. The Morgan fingerprint density at radius 1 is 1.43 bits per heavy atom. The van der Waals surface area contributed by atoms with E-state index in [0.29, 0.717) is 0 Å². The molecule has 74 valence electrons. The lowest BCUT2D eigenvalue weighted by molar-refractivity contribution is 1.09. The molecule has 2 rings (SSSR count). The second-order valence-electron chi connectivity index (χ2n) is 3.40. The van der Waals surface area contributed by atoms with Crippen LogP contribution in [0.2, 0.25) is 0 Å². The molecule has 0 N–H and O–H groups in total. The Labute approximate surface area is 93.3 Å². The minimum Gasteiger partial charge on any atom is -0.143 e. The van der Waals surface area contributed by atoms with E-state index in [2.05, 4.69) is 37.6 Å². The molecular formula is C12H14S2. The molecule has 0 aliphatic carbocycles. The van der Waals surface area contributed by atoms with E-state index in [1.54, 1.807) is 0 Å². The van der Waals surface area contributed by atoms with E-state index in [1.165, 1.54) is 26.1 Å². The summed E-state index contributed by atoms with van der Waals surface area (Å²) in [6.45, 7) is 4.44. The van der Waals surface area contributed by atoms with Crippen molar-refractivity contribution in [2.24, 2.45) is 0 Å². The molecule has 1 aromatic carbocycles. The van der Waals surface area contributed by atoms with Gasteiger partial charge in [0.1, 0.15) is 0 Å². The molecule has 0 atom stereocenters. The average Bonchev–Trinajstić information content (AvgIpc) is 2.66. The topological polar surface area (TPSA) is 0 Å². The Bertz CT molecular complexity index is 455. The summed E-state index contributed by atoms with van der Waals surface area (Å²) in [4.78, 5) is 1.47. The maximum atomic E-state index is 2.34. The molecule has 2 heteroatoms. The highest BCUT2D eigenvalue weighted by atomic mass is 32.2. The van der Waals surface area contributed by atoms with Crippen molar-refractivity contribution in [2.45, 2.75) is 25.2 Å². The SMILES string of the molecule is CCc1cc(C)c2sccc2c1SC. The largest absolute Gasteiger partial charge is 0.143 e. The third kappa shape index (κ3) is 1.47. The summed E-state index contributed by atoms with van der Waals surface area (Å²) in [5.41, 5.74) is 2.91. The van der Waals surface area contributed by atoms with E-state index in [0.717, 1.165) is 6.42 Å². The molecular weight excluding hydrogens is 208 g/mol. The van der Waals surface area contributed by atoms with E-state index >= 15 is 0 Å². The Hall–Kier alpha value is -0.470. The predicted molar refractivity (Wildman–Crippen MR) is 67.7 cm³/mol. The van der Waals surface area contributed by atoms with Crippen LogP contribution in [0.3, 0.4) is 0 Å². The maximum absolute atomic E-state index is 2.34. The predicted octanol–water partition coefficient (Wildman–Crippen LogP) is 4.49. The van der Waals surface area contributed by atoms with Crippen LogP contribution in [-0.4, -0.2) is 6.26 Å². The summed E-state index contributed by atoms with van der Waals surface area (Å²) in [6, 6.07) is 4.59. The lowest BCUT2D eigenvalue weighted by Crippen LogP contribution is -1.87. The van der Waals surface area contributed by atoms with Crippen LogP contribution in [0.1, 0.15) is 18.1 Å². The molecule has 0 aliphatic rings. The van der Waals surface area contributed by atoms with E-state index in [1.807, 2.05) is 23.1 Å². The van der Waals surface area contributed by atoms with E-state index < -0.39 is 0 Å². The molecule has 0 nitrogen and oxygen atoms in total. The number of hydrogen-bond acceptors (Lipinski definition) is 2. The second-order valence-corrected chi connectivity index (χ2v) is 5.14. The molecule has 0 amide bonds. The first kappa shape index (κ1) is 10.1. The average molecular weight is 222 g/mol. The van der Waals surface area contributed by atoms with Crippen molar-refractivity contribution >= 4 is 33.2 Å². The number of thioether (sulfide) groups is 1. The first-order chi connectivity index (χ1) is 6.77. The third-order valence-corrected chi connectivity index (χ3v) is 4.48. The van der Waals surface area contributed by atoms with Crippen molar-refractivity contribution in [3.05, 3.63) is 28.6 Å². The maximum Gasteiger partial charge on any atom is 0.0383 e. The zero-order valence-electron chi connectivity index (χ0n) is 8.76. The molecule has 0 bridgehead atoms. The lowest BCUT2D eigenvalue weighted by atomic mass is 10.1. The van der Waals surface area contributed by atoms with Gasteiger partial charge in [-0.3, -0.25) is 0 Å². The minimum atomic E-state index is 1.13. The monoisotopic (exact) mass is 222 g/mol. The summed E-state index contributed by atoms with van der Waals surface area (Å²) in [7, 11) is 0. The van der Waals surface area contributed by atoms with E-state index in [9.17, 15) is 0 Å². The molecule has 14 heavy (non-hydrogen) atoms. The number of aryl methyl sites for hydroxylation is 2. The summed E-state index contributed by atoms with van der Waals surface area (Å²) in [6.07, 6.45) is 3.30. The molecule has 0 fully saturated rings. The van der Waals surface area contributed by atoms with Gasteiger partial charge in [-0.1, -0.05) is 13.0 Å². The van der Waals surface area contributed by atoms with Gasteiger partial charge in [-0.2, -0.15) is 0 Å². The smallest absolute Gasteiger partial charge is 0.0383 e. The second kappa shape index (κ2) is 3.95. The van der Waals surface area contributed by atoms with Crippen molar-refractivity contribution in [1.29, 1.82) is 0 Å². The Morgan fingerprint density at radius 3 is 2.86 bits per heavy atom. The van der Waals surface area contributed by atoms with Gasteiger partial charge in [0.25, 0.3) is 0 Å². The number of fused-ring (bicyclic) bond motifs is 1. The number of benzene rings is 1. The summed E-state index contributed by atoms with van der Waals surface area (Å²) < 4.78 is 1.45. The molecule has 1 aromatic heterocycles. The van der Waals surface area contributed by atoms with Crippen LogP contribution in [0.15, 0.2) is 22.4 Å². The first-order valence-corrected chi connectivity index (χ1v) is 6.92. The van der Waals surface area contributed by atoms with Gasteiger partial charge in [0.05, 0.1) is 0 Å². The van der Waals surface area contributed by atoms with Crippen molar-refractivity contribution in [1.82, 2.24) is 0 Å². The number of thiophene rings is 1. The van der Waals surface area contributed by atoms with Gasteiger partial charge in [-0.15, -0.1) is 23.1 Å². The molecule has 0 saturated carbocycles. The highest BCUT2D eigenvalue weighted by molar-refractivity contribution is 7.98. The molecule has 1 heterocycles. The van der Waals surface area contributed by atoms with Crippen LogP contribution in [0.5, 0.6) is 0 Å². The molecule has 0 aliphatic heterocycles. The normalized spacial score (nSPS) is 11.1. The van der Waals surface area contributed by atoms with Crippen molar-refractivity contribution in [3.8, 4) is 0 Å². The molecule has 2 aromatic rings. The Morgan fingerprint density at radius 2 is 2.21 bits per heavy atom. The number of rotatable bonds is 2. The molecule has 0 spiro atoms. The molecule has 0 unspecified atom stereocenters. The lowest BCUT2D eigenvalue weighted by Gasteiger charge is -2.08. The van der Waals surface area contributed by atoms with Crippen LogP contribution < -0.4 is 0 Å². The van der Waals surface area contributed by atoms with Crippen LogP contribution in [0.25, 0.3) is 10.1 Å². The fourth-order valence-electron chi connectivity index (χ4n) is 1.86. The highest BCUT2D eigenvalue weighted by Gasteiger charge is 2.08. The van der Waals surface area contributed by atoms with Gasteiger partial charge < -0.3 is 0 Å². The van der Waals surface area contributed by atoms with Gasteiger partial charge in [0.15, 0.2) is 0 Å². The summed E-state index contributed by atoms with van der Waals surface area (Å²) >= 11 is 3.72. The minimum absolute atomic E-state index is 1.13. The van der Waals surface area contributed by atoms with Crippen LogP contribution >= 0.6 is 23.1 Å². The number of hydrogen-bond donors (Lipinski definition) is 0. The van der Waals surface area contributed by atoms with Crippen LogP contribution in [0, 0.1) is 6.92 Å². The first-order valence-electron chi connectivity index (χ1n) is 4.81. The van der Waals surface area contributed by atoms with Gasteiger partial charge in [-0.25, -0.2) is 0 Å². The van der Waals surface area contributed by atoms with Gasteiger partial charge in [0, 0.05) is 15.0 Å². The zero-order valence-corrected chi connectivity index (χ0v) is 10.4. The summed E-state index contributed by atoms with van der Waals surface area (Å²) in [5.74, 6) is 0. The van der Waals surface area contributed by atoms with Crippen LogP contribution in [-0.2, 0) is 6.42 Å². The quantitative estimate of drug-likeness (QED) is 0.674. The van der Waals surface area contributed by atoms with Gasteiger partial charge in [0.2, 0.25) is 0 Å². The highest BCUT2D eigenvalue weighted by Crippen LogP contribution is 2.35. The molecule has 0 radical (unpaired) electrons. The van der Waals surface area contributed by atoms with Crippen molar-refractivity contribution in [2.75, 3.05) is 6.26 Å². The molecule has 0 saturated heterocycles. The van der Waals surface area contributed by atoms with E-state index in [4.69, 9.17) is 0 Å². The van der Waals surface area contributed by atoms with Crippen LogP contribution in [0.4, 0.5) is 0 Å². The Kier molecular flexibility index (Phi) is 2.84. The van der Waals surface area contributed by atoms with Gasteiger partial charge >= 0.3 is 0 Å².